The van der Waals surface area contributed by atoms with Gasteiger partial charge in [-0.25, -0.2) is 9.78 Å². The lowest BCUT2D eigenvalue weighted by Gasteiger charge is -2.37. The number of H-pyrrole nitrogens is 1. The third kappa shape index (κ3) is 7.09. The third-order valence-electron chi connectivity index (χ3n) is 8.45. The maximum absolute atomic E-state index is 14.3. The van der Waals surface area contributed by atoms with E-state index in [1.54, 1.807) is 0 Å². The average molecular weight is 614 g/mol. The molecule has 1 aliphatic rings. The molecule has 2 aromatic heterocycles. The van der Waals surface area contributed by atoms with Gasteiger partial charge in [-0.05, 0) is 47.3 Å². The second kappa shape index (κ2) is 13.8. The highest BCUT2D eigenvalue weighted by Crippen LogP contribution is 2.30. The Balaban J connectivity index is 1.48. The van der Waals surface area contributed by atoms with Crippen molar-refractivity contribution in [3.63, 3.8) is 0 Å². The molecule has 5 rings (SSSR count). The van der Waals surface area contributed by atoms with Crippen LogP contribution in [0, 0.1) is 11.8 Å². The number of unbranched alkanes of at least 4 members (excludes halogenated alkanes) is 1. The summed E-state index contributed by atoms with van der Waals surface area (Å²) in [6, 6.07) is 15.9. The number of hydrogen-bond donors (Lipinski definition) is 1. The number of hydrogen-bond acceptors (Lipinski definition) is 6. The predicted octanol–water partition coefficient (Wildman–Crippen LogP) is 6.62. The summed E-state index contributed by atoms with van der Waals surface area (Å²) in [6.07, 6.45) is 4.39. The molecule has 0 spiro atoms. The van der Waals surface area contributed by atoms with E-state index >= 15 is 0 Å². The van der Waals surface area contributed by atoms with Gasteiger partial charge in [-0.3, -0.25) is 18.9 Å². The molecule has 1 saturated heterocycles. The predicted molar refractivity (Wildman–Crippen MR) is 179 cm³/mol. The minimum absolute atomic E-state index is 0.0136. The molecule has 0 amide bonds. The van der Waals surface area contributed by atoms with Crippen LogP contribution in [-0.2, 0) is 19.4 Å². The van der Waals surface area contributed by atoms with Crippen LogP contribution in [0.5, 0.6) is 0 Å². The molecule has 0 saturated carbocycles. The van der Waals surface area contributed by atoms with Gasteiger partial charge in [0.1, 0.15) is 5.82 Å². The van der Waals surface area contributed by atoms with Gasteiger partial charge in [-0.15, -0.1) is 0 Å². The highest BCUT2D eigenvalue weighted by atomic mass is 32.1. The summed E-state index contributed by atoms with van der Waals surface area (Å²) in [4.78, 5) is 36.8. The highest BCUT2D eigenvalue weighted by Gasteiger charge is 2.26. The molecule has 1 fully saturated rings. The van der Waals surface area contributed by atoms with Crippen molar-refractivity contribution >= 4 is 17.2 Å². The number of thiocarbonyl (C=S) groups is 1. The number of rotatable bonds is 10. The van der Waals surface area contributed by atoms with E-state index in [1.807, 2.05) is 53.1 Å². The molecule has 44 heavy (non-hydrogen) atoms. The van der Waals surface area contributed by atoms with E-state index in [2.05, 4.69) is 49.7 Å². The van der Waals surface area contributed by atoms with Crippen LogP contribution < -0.4 is 11.3 Å². The minimum Gasteiger partial charge on any atom is -0.365 e. The quantitative estimate of drug-likeness (QED) is 0.201. The number of likely N-dealkylation sites (tertiary alicyclic amines) is 1. The van der Waals surface area contributed by atoms with E-state index in [-0.39, 0.29) is 11.5 Å². The molecule has 0 bridgehead atoms. The van der Waals surface area contributed by atoms with Gasteiger partial charge in [0.15, 0.2) is 5.82 Å². The lowest BCUT2D eigenvalue weighted by molar-refractivity contribution is 0.214. The molecule has 8 nitrogen and oxygen atoms in total. The summed E-state index contributed by atoms with van der Waals surface area (Å²) < 4.78 is 6.60. The van der Waals surface area contributed by atoms with Crippen molar-refractivity contribution in [2.75, 3.05) is 13.1 Å². The van der Waals surface area contributed by atoms with Gasteiger partial charge in [-0.1, -0.05) is 107 Å². The fraction of sp³-hybridized carbons (Fsp3) is 0.457. The standard InChI is InChI=1S/C35H43N5O3S/c1-6-7-12-30-36-32(22(2)3)29(18-31(44)39-19-23(4)17-24(5)20-39)34(41)40(30)21-25-13-15-26(16-14-25)27-10-8-9-11-28(27)33-37-35(42)43-38-33/h8-11,13-16,22-24H,6-7,12,17-21H2,1-5H3,(H,37,38,42). The van der Waals surface area contributed by atoms with E-state index in [1.165, 1.54) is 6.42 Å². The van der Waals surface area contributed by atoms with Crippen molar-refractivity contribution in [3.05, 3.63) is 92.1 Å². The van der Waals surface area contributed by atoms with E-state index in [0.29, 0.717) is 30.6 Å². The molecular weight excluding hydrogens is 570 g/mol. The highest BCUT2D eigenvalue weighted by molar-refractivity contribution is 7.80. The van der Waals surface area contributed by atoms with Crippen LogP contribution in [0.25, 0.3) is 22.5 Å². The summed E-state index contributed by atoms with van der Waals surface area (Å²) in [5.41, 5.74) is 5.28. The van der Waals surface area contributed by atoms with Crippen LogP contribution in [-0.4, -0.2) is 42.7 Å². The average Bonchev–Trinajstić information content (AvgIpc) is 3.44. The topological polar surface area (TPSA) is 97.0 Å². The Labute approximate surface area is 264 Å². The van der Waals surface area contributed by atoms with Crippen molar-refractivity contribution in [3.8, 4) is 22.5 Å². The zero-order chi connectivity index (χ0) is 31.4. The number of nitrogens with zero attached hydrogens (tertiary/aromatic N) is 4. The molecule has 2 atom stereocenters. The fourth-order valence-electron chi connectivity index (χ4n) is 6.38. The molecule has 0 radical (unpaired) electrons. The van der Waals surface area contributed by atoms with Crippen molar-refractivity contribution in [2.45, 2.75) is 79.2 Å². The summed E-state index contributed by atoms with van der Waals surface area (Å²) in [6.45, 7) is 13.2. The first kappa shape index (κ1) is 31.6. The monoisotopic (exact) mass is 613 g/mol. The van der Waals surface area contributed by atoms with Gasteiger partial charge in [0.25, 0.3) is 5.56 Å². The van der Waals surface area contributed by atoms with Crippen LogP contribution in [0.15, 0.2) is 62.6 Å². The first-order chi connectivity index (χ1) is 21.1. The van der Waals surface area contributed by atoms with E-state index in [4.69, 9.17) is 21.7 Å². The zero-order valence-electron chi connectivity index (χ0n) is 26.4. The Morgan fingerprint density at radius 1 is 1.05 bits per heavy atom. The molecular formula is C35H43N5O3S. The number of aromatic amines is 1. The molecule has 232 valence electrons. The smallest absolute Gasteiger partial charge is 0.365 e. The lowest BCUT2D eigenvalue weighted by atomic mass is 9.91. The van der Waals surface area contributed by atoms with Gasteiger partial charge >= 0.3 is 5.76 Å². The number of nitrogens with one attached hydrogen (secondary N) is 1. The third-order valence-corrected chi connectivity index (χ3v) is 8.85. The molecule has 3 heterocycles. The van der Waals surface area contributed by atoms with Gasteiger partial charge in [0.2, 0.25) is 0 Å². The molecule has 1 aliphatic heterocycles. The van der Waals surface area contributed by atoms with Gasteiger partial charge in [0.05, 0.1) is 17.2 Å². The molecule has 2 aromatic carbocycles. The van der Waals surface area contributed by atoms with E-state index in [0.717, 1.165) is 76.7 Å². The second-order valence-electron chi connectivity index (χ2n) is 12.6. The molecule has 9 heteroatoms. The number of benzene rings is 2. The van der Waals surface area contributed by atoms with Crippen LogP contribution in [0.3, 0.4) is 0 Å². The normalized spacial score (nSPS) is 16.9. The zero-order valence-corrected chi connectivity index (χ0v) is 27.2. The number of aryl methyl sites for hydroxylation is 1. The maximum atomic E-state index is 14.3. The maximum Gasteiger partial charge on any atom is 0.439 e. The first-order valence-electron chi connectivity index (χ1n) is 15.8. The summed E-state index contributed by atoms with van der Waals surface area (Å²) in [5, 5.41) is 3.87. The second-order valence-corrected chi connectivity index (χ2v) is 13.1. The van der Waals surface area contributed by atoms with Crippen molar-refractivity contribution in [1.29, 1.82) is 0 Å². The largest absolute Gasteiger partial charge is 0.439 e. The summed E-state index contributed by atoms with van der Waals surface area (Å²) in [5.74, 6) is 1.92. The number of piperidine rings is 1. The molecule has 2 unspecified atom stereocenters. The molecule has 4 aromatic rings. The first-order valence-corrected chi connectivity index (χ1v) is 16.2. The Morgan fingerprint density at radius 3 is 2.34 bits per heavy atom. The SMILES string of the molecule is CCCCc1nc(C(C)C)c(CC(=S)N2CC(C)CC(C)C2)c(=O)n1Cc1ccc(-c2ccccc2-c2noc(=O)[nH]2)cc1. The van der Waals surface area contributed by atoms with Gasteiger partial charge in [-0.2, -0.15) is 0 Å². The van der Waals surface area contributed by atoms with Crippen LogP contribution >= 0.6 is 12.2 Å². The van der Waals surface area contributed by atoms with Crippen molar-refractivity contribution < 1.29 is 4.52 Å². The Bertz CT molecular complexity index is 1710. The summed E-state index contributed by atoms with van der Waals surface area (Å²) >= 11 is 5.97. The van der Waals surface area contributed by atoms with Crippen LogP contribution in [0.4, 0.5) is 0 Å². The lowest BCUT2D eigenvalue weighted by Crippen LogP contribution is -2.43. The summed E-state index contributed by atoms with van der Waals surface area (Å²) in [7, 11) is 0. The Kier molecular flexibility index (Phi) is 9.93. The van der Waals surface area contributed by atoms with Crippen molar-refractivity contribution in [2.24, 2.45) is 11.8 Å². The van der Waals surface area contributed by atoms with Crippen LogP contribution in [0.1, 0.15) is 82.4 Å². The van der Waals surface area contributed by atoms with Gasteiger partial charge in [0, 0.05) is 37.1 Å². The minimum atomic E-state index is -0.591. The molecule has 1 N–H and O–H groups in total. The van der Waals surface area contributed by atoms with E-state index < -0.39 is 5.76 Å². The Hall–Kier alpha value is -3.85. The number of aromatic nitrogens is 4. The van der Waals surface area contributed by atoms with Crippen LogP contribution in [0.2, 0.25) is 0 Å². The molecule has 0 aliphatic carbocycles. The Morgan fingerprint density at radius 2 is 1.73 bits per heavy atom. The fourth-order valence-corrected chi connectivity index (χ4v) is 6.67. The van der Waals surface area contributed by atoms with Gasteiger partial charge < -0.3 is 4.90 Å². The van der Waals surface area contributed by atoms with Crippen molar-refractivity contribution in [1.82, 2.24) is 24.6 Å². The van der Waals surface area contributed by atoms with E-state index in [9.17, 15) is 9.59 Å².